The highest BCUT2D eigenvalue weighted by molar-refractivity contribution is 5.65. The van der Waals surface area contributed by atoms with Gasteiger partial charge in [0.25, 0.3) is 0 Å². The first kappa shape index (κ1) is 12.3. The van der Waals surface area contributed by atoms with Gasteiger partial charge in [0, 0.05) is 12.6 Å². The molecule has 1 saturated carbocycles. The van der Waals surface area contributed by atoms with Gasteiger partial charge in [0.2, 0.25) is 0 Å². The van der Waals surface area contributed by atoms with Crippen molar-refractivity contribution in [2.45, 2.75) is 57.6 Å². The first-order valence-electron chi connectivity index (χ1n) is 5.82. The number of aliphatic hydroxyl groups excluding tert-OH is 1. The van der Waals surface area contributed by atoms with Crippen LogP contribution in [0.4, 0.5) is 4.79 Å². The minimum absolute atomic E-state index is 0.123. The van der Waals surface area contributed by atoms with Crippen molar-refractivity contribution in [3.63, 3.8) is 0 Å². The zero-order chi connectivity index (χ0) is 11.3. The molecule has 0 atom stereocenters. The number of amides is 1. The van der Waals surface area contributed by atoms with Crippen LogP contribution in [0.25, 0.3) is 0 Å². The monoisotopic (exact) mass is 215 g/mol. The second kappa shape index (κ2) is 5.95. The molecule has 0 heterocycles. The number of rotatable bonds is 4. The van der Waals surface area contributed by atoms with Crippen molar-refractivity contribution in [1.29, 1.82) is 0 Å². The quantitative estimate of drug-likeness (QED) is 0.754. The molecule has 1 amide bonds. The molecule has 0 saturated heterocycles. The average molecular weight is 215 g/mol. The molecule has 88 valence electrons. The van der Waals surface area contributed by atoms with Gasteiger partial charge in [-0.25, -0.2) is 4.79 Å². The predicted octanol–water partition coefficient (Wildman–Crippen LogP) is 2.07. The molecule has 0 bridgehead atoms. The van der Waals surface area contributed by atoms with E-state index in [1.54, 1.807) is 4.90 Å². The highest BCUT2D eigenvalue weighted by atomic mass is 16.4. The average Bonchev–Trinajstić information content (AvgIpc) is 2.21. The Morgan fingerprint density at radius 2 is 1.93 bits per heavy atom. The Balaban J connectivity index is 2.44. The van der Waals surface area contributed by atoms with Gasteiger partial charge in [-0.15, -0.1) is 0 Å². The van der Waals surface area contributed by atoms with E-state index >= 15 is 0 Å². The van der Waals surface area contributed by atoms with Crippen LogP contribution in [0.3, 0.4) is 0 Å². The molecule has 4 nitrogen and oxygen atoms in total. The van der Waals surface area contributed by atoms with Crippen molar-refractivity contribution in [3.05, 3.63) is 0 Å². The fraction of sp³-hybridized carbons (Fsp3) is 0.909. The standard InChI is InChI=1S/C11H21NO3/c1-2-3-8-12(11(14)15)9-4-6-10(13)7-5-9/h9-10,13H,2-8H2,1H3,(H,14,15). The molecule has 1 aliphatic rings. The number of hydrogen-bond donors (Lipinski definition) is 2. The first-order valence-corrected chi connectivity index (χ1v) is 5.82. The van der Waals surface area contributed by atoms with E-state index < -0.39 is 6.09 Å². The van der Waals surface area contributed by atoms with Crippen LogP contribution < -0.4 is 0 Å². The molecule has 0 aromatic rings. The molecule has 2 N–H and O–H groups in total. The number of carboxylic acid groups (broad SMARTS) is 1. The molecule has 0 aromatic heterocycles. The lowest BCUT2D eigenvalue weighted by Gasteiger charge is -2.33. The van der Waals surface area contributed by atoms with E-state index in [9.17, 15) is 9.90 Å². The van der Waals surface area contributed by atoms with Crippen molar-refractivity contribution in [1.82, 2.24) is 4.90 Å². The molecule has 4 heteroatoms. The number of nitrogens with zero attached hydrogens (tertiary/aromatic N) is 1. The highest BCUT2D eigenvalue weighted by Crippen LogP contribution is 2.23. The molecule has 1 rings (SSSR count). The Bertz CT molecular complexity index is 200. The second-order valence-electron chi connectivity index (χ2n) is 4.29. The van der Waals surface area contributed by atoms with Crippen molar-refractivity contribution in [3.8, 4) is 0 Å². The van der Waals surface area contributed by atoms with Gasteiger partial charge in [0.1, 0.15) is 0 Å². The summed E-state index contributed by atoms with van der Waals surface area (Å²) in [5.74, 6) is 0. The summed E-state index contributed by atoms with van der Waals surface area (Å²) < 4.78 is 0. The van der Waals surface area contributed by atoms with Gasteiger partial charge < -0.3 is 15.1 Å². The number of aliphatic hydroxyl groups is 1. The topological polar surface area (TPSA) is 60.8 Å². The van der Waals surface area contributed by atoms with E-state index in [1.165, 1.54) is 0 Å². The fourth-order valence-corrected chi connectivity index (χ4v) is 2.13. The Hall–Kier alpha value is -0.770. The van der Waals surface area contributed by atoms with Crippen LogP contribution >= 0.6 is 0 Å². The van der Waals surface area contributed by atoms with Crippen molar-refractivity contribution in [2.75, 3.05) is 6.54 Å². The normalized spacial score (nSPS) is 26.3. The predicted molar refractivity (Wildman–Crippen MR) is 57.9 cm³/mol. The van der Waals surface area contributed by atoms with E-state index in [0.29, 0.717) is 6.54 Å². The molecule has 15 heavy (non-hydrogen) atoms. The van der Waals surface area contributed by atoms with Gasteiger partial charge in [-0.3, -0.25) is 0 Å². The summed E-state index contributed by atoms with van der Waals surface area (Å²) >= 11 is 0. The van der Waals surface area contributed by atoms with E-state index in [-0.39, 0.29) is 12.1 Å². The Morgan fingerprint density at radius 1 is 1.33 bits per heavy atom. The van der Waals surface area contributed by atoms with Crippen molar-refractivity contribution >= 4 is 6.09 Å². The van der Waals surface area contributed by atoms with Gasteiger partial charge in [0.15, 0.2) is 0 Å². The maximum Gasteiger partial charge on any atom is 0.407 e. The zero-order valence-electron chi connectivity index (χ0n) is 9.35. The van der Waals surface area contributed by atoms with Gasteiger partial charge in [-0.2, -0.15) is 0 Å². The summed E-state index contributed by atoms with van der Waals surface area (Å²) in [4.78, 5) is 12.6. The lowest BCUT2D eigenvalue weighted by Crippen LogP contribution is -2.42. The molecule has 0 aromatic carbocycles. The molecular weight excluding hydrogens is 194 g/mol. The smallest absolute Gasteiger partial charge is 0.407 e. The van der Waals surface area contributed by atoms with Crippen LogP contribution in [0.15, 0.2) is 0 Å². The number of hydrogen-bond acceptors (Lipinski definition) is 2. The fourth-order valence-electron chi connectivity index (χ4n) is 2.13. The van der Waals surface area contributed by atoms with Gasteiger partial charge >= 0.3 is 6.09 Å². The van der Waals surface area contributed by atoms with Crippen molar-refractivity contribution < 1.29 is 15.0 Å². The van der Waals surface area contributed by atoms with Crippen LogP contribution in [-0.2, 0) is 0 Å². The van der Waals surface area contributed by atoms with E-state index in [0.717, 1.165) is 38.5 Å². The van der Waals surface area contributed by atoms with Crippen LogP contribution in [0.2, 0.25) is 0 Å². The van der Waals surface area contributed by atoms with Crippen molar-refractivity contribution in [2.24, 2.45) is 0 Å². The molecule has 0 spiro atoms. The number of carbonyl (C=O) groups is 1. The summed E-state index contributed by atoms with van der Waals surface area (Å²) in [6.45, 7) is 2.69. The zero-order valence-corrected chi connectivity index (χ0v) is 9.35. The Morgan fingerprint density at radius 3 is 2.40 bits per heavy atom. The maximum atomic E-state index is 11.0. The summed E-state index contributed by atoms with van der Waals surface area (Å²) in [6.07, 6.45) is 3.98. The lowest BCUT2D eigenvalue weighted by atomic mass is 9.92. The molecule has 1 aliphatic carbocycles. The van der Waals surface area contributed by atoms with Gasteiger partial charge in [0.05, 0.1) is 6.10 Å². The first-order chi connectivity index (χ1) is 7.15. The maximum absolute atomic E-state index is 11.0. The SMILES string of the molecule is CCCCN(C(=O)O)C1CCC(O)CC1. The molecule has 0 unspecified atom stereocenters. The molecule has 0 radical (unpaired) electrons. The minimum atomic E-state index is -0.815. The Kier molecular flexibility index (Phi) is 4.88. The summed E-state index contributed by atoms with van der Waals surface area (Å²) in [5.41, 5.74) is 0. The van der Waals surface area contributed by atoms with Crippen LogP contribution in [0.5, 0.6) is 0 Å². The summed E-state index contributed by atoms with van der Waals surface area (Å²) in [6, 6.07) is 0.123. The minimum Gasteiger partial charge on any atom is -0.465 e. The number of unbranched alkanes of at least 4 members (excludes halogenated alkanes) is 1. The lowest BCUT2D eigenvalue weighted by molar-refractivity contribution is 0.0683. The van der Waals surface area contributed by atoms with E-state index in [2.05, 4.69) is 6.92 Å². The third kappa shape index (κ3) is 3.70. The molecule has 1 fully saturated rings. The van der Waals surface area contributed by atoms with Crippen LogP contribution in [-0.4, -0.2) is 39.9 Å². The summed E-state index contributed by atoms with van der Waals surface area (Å²) in [5, 5.41) is 18.4. The van der Waals surface area contributed by atoms with Crippen LogP contribution in [0, 0.1) is 0 Å². The van der Waals surface area contributed by atoms with E-state index in [1.807, 2.05) is 0 Å². The highest BCUT2D eigenvalue weighted by Gasteiger charge is 2.27. The molecular formula is C11H21NO3. The Labute approximate surface area is 90.9 Å². The van der Waals surface area contributed by atoms with Gasteiger partial charge in [-0.1, -0.05) is 13.3 Å². The third-order valence-corrected chi connectivity index (χ3v) is 3.11. The molecule has 0 aliphatic heterocycles. The third-order valence-electron chi connectivity index (χ3n) is 3.11. The van der Waals surface area contributed by atoms with Gasteiger partial charge in [-0.05, 0) is 32.1 Å². The van der Waals surface area contributed by atoms with E-state index in [4.69, 9.17) is 5.11 Å². The van der Waals surface area contributed by atoms with Crippen LogP contribution in [0.1, 0.15) is 45.4 Å². The largest absolute Gasteiger partial charge is 0.465 e. The second-order valence-corrected chi connectivity index (χ2v) is 4.29. The summed E-state index contributed by atoms with van der Waals surface area (Å²) in [7, 11) is 0.